The molecule has 8 heteroatoms. The van der Waals surface area contributed by atoms with E-state index in [-0.39, 0.29) is 11.7 Å². The van der Waals surface area contributed by atoms with Gasteiger partial charge in [0.1, 0.15) is 12.3 Å². The van der Waals surface area contributed by atoms with Crippen molar-refractivity contribution >= 4 is 40.3 Å². The van der Waals surface area contributed by atoms with E-state index in [1.165, 1.54) is 16.7 Å². The highest BCUT2D eigenvalue weighted by molar-refractivity contribution is 6.30. The van der Waals surface area contributed by atoms with Crippen molar-refractivity contribution in [1.82, 2.24) is 9.88 Å². The van der Waals surface area contributed by atoms with Gasteiger partial charge in [-0.2, -0.15) is 0 Å². The molecular weight excluding hydrogens is 396 g/mol. The number of aromatic nitrogens is 1. The summed E-state index contributed by atoms with van der Waals surface area (Å²) >= 11 is 5.91. The number of carbonyl (C=O) groups excluding carboxylic acids is 2. The number of halogens is 1. The number of phenolic OH excluding ortho intramolecular Hbond substituents is 1. The number of aliphatic carboxylic acids is 1. The second-order valence-electron chi connectivity index (χ2n) is 6.68. The number of fused-ring (bicyclic) bond motifs is 1. The molecule has 150 valence electrons. The highest BCUT2D eigenvalue weighted by Gasteiger charge is 2.27. The van der Waals surface area contributed by atoms with E-state index in [9.17, 15) is 19.5 Å². The zero-order valence-electron chi connectivity index (χ0n) is 15.8. The van der Waals surface area contributed by atoms with E-state index in [1.54, 1.807) is 44.2 Å². The standard InChI is InChI=1S/C21H19ClN2O5/c1-11(20(28)23-10-18(26)27)19-12(2)24(17-8-7-15(25)9-16(17)19)21(29)13-3-5-14(22)6-4-13/h3-9,11,25H,10H2,1-2H3,(H,23,28)(H,26,27). The molecule has 0 aliphatic rings. The van der Waals surface area contributed by atoms with Crippen LogP contribution in [-0.4, -0.2) is 39.1 Å². The summed E-state index contributed by atoms with van der Waals surface area (Å²) in [7, 11) is 0. The van der Waals surface area contributed by atoms with Gasteiger partial charge in [-0.3, -0.25) is 19.0 Å². The first kappa shape index (κ1) is 20.4. The van der Waals surface area contributed by atoms with Gasteiger partial charge < -0.3 is 15.5 Å². The van der Waals surface area contributed by atoms with Crippen LogP contribution in [0.15, 0.2) is 42.5 Å². The molecule has 2 aromatic carbocycles. The number of carboxylic acids is 1. The zero-order valence-corrected chi connectivity index (χ0v) is 16.5. The Kier molecular flexibility index (Phi) is 5.61. The number of hydrogen-bond acceptors (Lipinski definition) is 4. The molecule has 0 saturated heterocycles. The van der Waals surface area contributed by atoms with E-state index in [2.05, 4.69) is 5.32 Å². The minimum Gasteiger partial charge on any atom is -0.508 e. The molecule has 0 aliphatic heterocycles. The Morgan fingerprint density at radius 3 is 2.41 bits per heavy atom. The van der Waals surface area contributed by atoms with Crippen LogP contribution in [0.5, 0.6) is 5.75 Å². The maximum absolute atomic E-state index is 13.2. The van der Waals surface area contributed by atoms with Crippen molar-refractivity contribution in [2.75, 3.05) is 6.54 Å². The largest absolute Gasteiger partial charge is 0.508 e. The Labute approximate surface area is 171 Å². The number of phenols is 1. The maximum Gasteiger partial charge on any atom is 0.322 e. The molecule has 3 aromatic rings. The van der Waals surface area contributed by atoms with Crippen LogP contribution >= 0.6 is 11.6 Å². The van der Waals surface area contributed by atoms with Gasteiger partial charge in [-0.25, -0.2) is 0 Å². The summed E-state index contributed by atoms with van der Waals surface area (Å²) < 4.78 is 1.48. The van der Waals surface area contributed by atoms with Gasteiger partial charge in [0.25, 0.3) is 5.91 Å². The smallest absolute Gasteiger partial charge is 0.322 e. The van der Waals surface area contributed by atoms with Crippen LogP contribution in [0.1, 0.15) is 34.5 Å². The molecule has 0 bridgehead atoms. The van der Waals surface area contributed by atoms with Crippen molar-refractivity contribution < 1.29 is 24.6 Å². The van der Waals surface area contributed by atoms with Gasteiger partial charge in [0.05, 0.1) is 11.4 Å². The third-order valence-electron chi connectivity index (χ3n) is 4.77. The zero-order chi connectivity index (χ0) is 21.3. The lowest BCUT2D eigenvalue weighted by Gasteiger charge is -2.13. The number of carbonyl (C=O) groups is 3. The maximum atomic E-state index is 13.2. The van der Waals surface area contributed by atoms with E-state index >= 15 is 0 Å². The van der Waals surface area contributed by atoms with Gasteiger partial charge in [-0.15, -0.1) is 0 Å². The van der Waals surface area contributed by atoms with Gasteiger partial charge in [0.2, 0.25) is 5.91 Å². The third-order valence-corrected chi connectivity index (χ3v) is 5.02. The SMILES string of the molecule is Cc1c(C(C)C(=O)NCC(=O)O)c2cc(O)ccc2n1C(=O)c1ccc(Cl)cc1. The minimum absolute atomic E-state index is 0.00649. The van der Waals surface area contributed by atoms with Gasteiger partial charge >= 0.3 is 5.97 Å². The molecule has 1 unspecified atom stereocenters. The van der Waals surface area contributed by atoms with Crippen molar-refractivity contribution in [3.63, 3.8) is 0 Å². The number of nitrogens with one attached hydrogen (secondary N) is 1. The average molecular weight is 415 g/mol. The molecule has 0 aliphatic carbocycles. The van der Waals surface area contributed by atoms with Crippen LogP contribution in [0.25, 0.3) is 10.9 Å². The predicted molar refractivity (Wildman–Crippen MR) is 109 cm³/mol. The molecule has 1 atom stereocenters. The van der Waals surface area contributed by atoms with Gasteiger partial charge in [0, 0.05) is 21.7 Å². The summed E-state index contributed by atoms with van der Waals surface area (Å²) in [6.45, 7) is 2.83. The van der Waals surface area contributed by atoms with Crippen LogP contribution in [0.4, 0.5) is 0 Å². The molecule has 0 fully saturated rings. The first-order valence-corrected chi connectivity index (χ1v) is 9.22. The number of benzene rings is 2. The summed E-state index contributed by atoms with van der Waals surface area (Å²) in [5.41, 5.74) is 2.02. The summed E-state index contributed by atoms with van der Waals surface area (Å²) in [6, 6.07) is 11.0. The van der Waals surface area contributed by atoms with E-state index in [0.29, 0.717) is 32.7 Å². The fourth-order valence-corrected chi connectivity index (χ4v) is 3.53. The Morgan fingerprint density at radius 1 is 1.14 bits per heavy atom. The summed E-state index contributed by atoms with van der Waals surface area (Å²) in [6.07, 6.45) is 0. The van der Waals surface area contributed by atoms with E-state index in [1.807, 2.05) is 0 Å². The molecule has 1 aromatic heterocycles. The van der Waals surface area contributed by atoms with Gasteiger partial charge in [0.15, 0.2) is 0 Å². The lowest BCUT2D eigenvalue weighted by atomic mass is 9.97. The van der Waals surface area contributed by atoms with Crippen molar-refractivity contribution in [2.45, 2.75) is 19.8 Å². The number of aromatic hydroxyl groups is 1. The van der Waals surface area contributed by atoms with Crippen molar-refractivity contribution in [3.05, 3.63) is 64.3 Å². The highest BCUT2D eigenvalue weighted by atomic mass is 35.5. The van der Waals surface area contributed by atoms with Crippen LogP contribution in [0, 0.1) is 6.92 Å². The number of carboxylic acid groups (broad SMARTS) is 1. The van der Waals surface area contributed by atoms with Crippen LogP contribution < -0.4 is 5.32 Å². The van der Waals surface area contributed by atoms with Crippen molar-refractivity contribution in [2.24, 2.45) is 0 Å². The molecule has 1 amide bonds. The van der Waals surface area contributed by atoms with Gasteiger partial charge in [-0.1, -0.05) is 11.6 Å². The Morgan fingerprint density at radius 2 is 1.79 bits per heavy atom. The first-order chi connectivity index (χ1) is 13.7. The van der Waals surface area contributed by atoms with E-state index in [4.69, 9.17) is 16.7 Å². The molecule has 0 spiro atoms. The molecule has 7 nitrogen and oxygen atoms in total. The van der Waals surface area contributed by atoms with Crippen LogP contribution in [0.2, 0.25) is 5.02 Å². The normalized spacial score (nSPS) is 12.0. The number of hydrogen-bond donors (Lipinski definition) is 3. The lowest BCUT2D eigenvalue weighted by Crippen LogP contribution is -2.32. The van der Waals surface area contributed by atoms with Gasteiger partial charge in [-0.05, 0) is 61.9 Å². The Balaban J connectivity index is 2.14. The Bertz CT molecular complexity index is 1120. The minimum atomic E-state index is -1.15. The number of nitrogens with zero attached hydrogens (tertiary/aromatic N) is 1. The molecule has 29 heavy (non-hydrogen) atoms. The summed E-state index contributed by atoms with van der Waals surface area (Å²) in [5, 5.41) is 22.1. The molecule has 0 saturated carbocycles. The van der Waals surface area contributed by atoms with Crippen LogP contribution in [0.3, 0.4) is 0 Å². The third kappa shape index (κ3) is 3.95. The van der Waals surface area contributed by atoms with Crippen molar-refractivity contribution in [3.8, 4) is 5.75 Å². The van der Waals surface area contributed by atoms with E-state index in [0.717, 1.165) is 0 Å². The topological polar surface area (TPSA) is 109 Å². The monoisotopic (exact) mass is 414 g/mol. The van der Waals surface area contributed by atoms with Crippen molar-refractivity contribution in [1.29, 1.82) is 0 Å². The highest BCUT2D eigenvalue weighted by Crippen LogP contribution is 2.34. The molecule has 3 N–H and O–H groups in total. The Hall–Kier alpha value is -3.32. The molecule has 0 radical (unpaired) electrons. The predicted octanol–water partition coefficient (Wildman–Crippen LogP) is 3.30. The molecule has 3 rings (SSSR count). The summed E-state index contributed by atoms with van der Waals surface area (Å²) in [4.78, 5) is 36.4. The number of amides is 1. The molecular formula is C21H19ClN2O5. The second kappa shape index (κ2) is 7.97. The quantitative estimate of drug-likeness (QED) is 0.593. The van der Waals surface area contributed by atoms with Crippen LogP contribution in [-0.2, 0) is 9.59 Å². The first-order valence-electron chi connectivity index (χ1n) is 8.84. The fraction of sp³-hybridized carbons (Fsp3) is 0.190. The lowest BCUT2D eigenvalue weighted by molar-refractivity contribution is -0.138. The van der Waals surface area contributed by atoms with E-state index < -0.39 is 24.3 Å². The fourth-order valence-electron chi connectivity index (χ4n) is 3.41. The summed E-state index contributed by atoms with van der Waals surface area (Å²) in [5.74, 6) is -2.69. The number of rotatable bonds is 5. The average Bonchev–Trinajstić information content (AvgIpc) is 2.96. The molecule has 1 heterocycles. The second-order valence-corrected chi connectivity index (χ2v) is 7.12.